The molecule has 1 N–H and O–H groups in total. The maximum atomic E-state index is 11.5. The van der Waals surface area contributed by atoms with Gasteiger partial charge in [-0.05, 0) is 32.1 Å². The Balaban J connectivity index is 1.52. The molecule has 1 aromatic heterocycles. The van der Waals surface area contributed by atoms with Gasteiger partial charge in [0.1, 0.15) is 6.54 Å². The van der Waals surface area contributed by atoms with Crippen LogP contribution >= 0.6 is 0 Å². The molecule has 1 aromatic rings. The predicted molar refractivity (Wildman–Crippen MR) is 65.8 cm³/mol. The zero-order valence-corrected chi connectivity index (χ0v) is 10.7. The first kappa shape index (κ1) is 13.0. The number of hydrogen-bond acceptors (Lipinski definition) is 4. The Hall–Kier alpha value is -1.43. The summed E-state index contributed by atoms with van der Waals surface area (Å²) < 4.78 is 7.02. The molecule has 1 heterocycles. The molecular weight excluding hydrogens is 232 g/mol. The van der Waals surface area contributed by atoms with Gasteiger partial charge in [0.25, 0.3) is 0 Å². The van der Waals surface area contributed by atoms with Crippen molar-refractivity contribution in [3.05, 3.63) is 12.4 Å². The standard InChI is InChI=1S/C12H20N4O2/c1-2-18-11-7-10(8-11)3-4-13-12(17)9-16-6-5-14-15-16/h5-6,10-11H,2-4,7-9H2,1H3,(H,13,17). The normalized spacial score (nSPS) is 22.5. The fourth-order valence-electron chi connectivity index (χ4n) is 2.22. The molecule has 6 heteroatoms. The van der Waals surface area contributed by atoms with Crippen LogP contribution < -0.4 is 5.32 Å². The van der Waals surface area contributed by atoms with Crippen molar-refractivity contribution < 1.29 is 9.53 Å². The zero-order chi connectivity index (χ0) is 12.8. The van der Waals surface area contributed by atoms with Crippen molar-refractivity contribution in [3.8, 4) is 0 Å². The van der Waals surface area contributed by atoms with Crippen LogP contribution in [0.3, 0.4) is 0 Å². The second kappa shape index (κ2) is 6.49. The summed E-state index contributed by atoms with van der Waals surface area (Å²) in [7, 11) is 0. The summed E-state index contributed by atoms with van der Waals surface area (Å²) in [6.07, 6.45) is 6.99. The van der Waals surface area contributed by atoms with Crippen LogP contribution in [0.1, 0.15) is 26.2 Å². The molecule has 1 aliphatic carbocycles. The van der Waals surface area contributed by atoms with Crippen LogP contribution in [0, 0.1) is 5.92 Å². The summed E-state index contributed by atoms with van der Waals surface area (Å²) in [6.45, 7) is 3.80. The van der Waals surface area contributed by atoms with Gasteiger partial charge in [0.2, 0.25) is 5.91 Å². The minimum Gasteiger partial charge on any atom is -0.378 e. The van der Waals surface area contributed by atoms with Gasteiger partial charge in [-0.3, -0.25) is 4.79 Å². The highest BCUT2D eigenvalue weighted by molar-refractivity contribution is 5.75. The number of carbonyl (C=O) groups is 1. The van der Waals surface area contributed by atoms with Crippen molar-refractivity contribution in [2.45, 2.75) is 38.8 Å². The van der Waals surface area contributed by atoms with Crippen molar-refractivity contribution >= 4 is 5.91 Å². The van der Waals surface area contributed by atoms with E-state index in [0.29, 0.717) is 12.0 Å². The molecule has 1 amide bonds. The fraction of sp³-hybridized carbons (Fsp3) is 0.750. The van der Waals surface area contributed by atoms with E-state index in [1.54, 1.807) is 12.4 Å². The molecule has 0 bridgehead atoms. The number of nitrogens with one attached hydrogen (secondary N) is 1. The number of ether oxygens (including phenoxy) is 1. The lowest BCUT2D eigenvalue weighted by atomic mass is 9.80. The van der Waals surface area contributed by atoms with Crippen LogP contribution in [-0.4, -0.2) is 40.2 Å². The third kappa shape index (κ3) is 3.80. The molecule has 0 spiro atoms. The summed E-state index contributed by atoms with van der Waals surface area (Å²) in [5, 5.41) is 10.3. The number of amides is 1. The zero-order valence-electron chi connectivity index (χ0n) is 10.7. The fourth-order valence-corrected chi connectivity index (χ4v) is 2.22. The predicted octanol–water partition coefficient (Wildman–Crippen LogP) is 0.599. The molecule has 1 aliphatic rings. The number of hydrogen-bond donors (Lipinski definition) is 1. The van der Waals surface area contributed by atoms with E-state index in [2.05, 4.69) is 15.6 Å². The van der Waals surface area contributed by atoms with E-state index >= 15 is 0 Å². The van der Waals surface area contributed by atoms with Crippen molar-refractivity contribution in [3.63, 3.8) is 0 Å². The van der Waals surface area contributed by atoms with Gasteiger partial charge in [0.05, 0.1) is 12.3 Å². The van der Waals surface area contributed by atoms with Gasteiger partial charge >= 0.3 is 0 Å². The highest BCUT2D eigenvalue weighted by atomic mass is 16.5. The van der Waals surface area contributed by atoms with Gasteiger partial charge in [-0.2, -0.15) is 0 Å². The Morgan fingerprint density at radius 3 is 3.06 bits per heavy atom. The highest BCUT2D eigenvalue weighted by Gasteiger charge is 2.28. The molecule has 6 nitrogen and oxygen atoms in total. The van der Waals surface area contributed by atoms with E-state index in [4.69, 9.17) is 4.74 Å². The molecule has 2 rings (SSSR count). The van der Waals surface area contributed by atoms with Crippen molar-refractivity contribution in [2.24, 2.45) is 5.92 Å². The van der Waals surface area contributed by atoms with Crippen LogP contribution in [0.15, 0.2) is 12.4 Å². The lowest BCUT2D eigenvalue weighted by Crippen LogP contribution is -2.35. The first-order chi connectivity index (χ1) is 8.78. The number of rotatable bonds is 7. The average molecular weight is 252 g/mol. The quantitative estimate of drug-likeness (QED) is 0.771. The molecule has 0 saturated heterocycles. The van der Waals surface area contributed by atoms with Crippen LogP contribution in [0.4, 0.5) is 0 Å². The molecule has 1 fully saturated rings. The Kier molecular flexibility index (Phi) is 4.69. The Bertz CT molecular complexity index is 360. The van der Waals surface area contributed by atoms with Gasteiger partial charge < -0.3 is 10.1 Å². The van der Waals surface area contributed by atoms with E-state index in [-0.39, 0.29) is 12.5 Å². The van der Waals surface area contributed by atoms with E-state index in [1.807, 2.05) is 6.92 Å². The third-order valence-electron chi connectivity index (χ3n) is 3.25. The summed E-state index contributed by atoms with van der Waals surface area (Å²) >= 11 is 0. The molecule has 0 aliphatic heterocycles. The largest absolute Gasteiger partial charge is 0.378 e. The summed E-state index contributed by atoms with van der Waals surface area (Å²) in [5.41, 5.74) is 0. The summed E-state index contributed by atoms with van der Waals surface area (Å²) in [5.74, 6) is 0.689. The number of aromatic nitrogens is 3. The van der Waals surface area contributed by atoms with Gasteiger partial charge in [-0.15, -0.1) is 5.10 Å². The second-order valence-electron chi connectivity index (χ2n) is 4.65. The van der Waals surface area contributed by atoms with Crippen LogP contribution in [0.5, 0.6) is 0 Å². The molecule has 100 valence electrons. The molecule has 0 aromatic carbocycles. The van der Waals surface area contributed by atoms with Crippen LogP contribution in [0.2, 0.25) is 0 Å². The monoisotopic (exact) mass is 252 g/mol. The lowest BCUT2D eigenvalue weighted by Gasteiger charge is -2.34. The van der Waals surface area contributed by atoms with Crippen molar-refractivity contribution in [2.75, 3.05) is 13.2 Å². The Morgan fingerprint density at radius 1 is 1.56 bits per heavy atom. The molecule has 18 heavy (non-hydrogen) atoms. The molecule has 1 saturated carbocycles. The third-order valence-corrected chi connectivity index (χ3v) is 3.25. The molecular formula is C12H20N4O2. The van der Waals surface area contributed by atoms with Crippen LogP contribution in [0.25, 0.3) is 0 Å². The Morgan fingerprint density at radius 2 is 2.39 bits per heavy atom. The maximum Gasteiger partial charge on any atom is 0.241 e. The average Bonchev–Trinajstić information content (AvgIpc) is 2.78. The number of nitrogens with zero attached hydrogens (tertiary/aromatic N) is 3. The topological polar surface area (TPSA) is 69.0 Å². The van der Waals surface area contributed by atoms with Crippen molar-refractivity contribution in [1.29, 1.82) is 0 Å². The van der Waals surface area contributed by atoms with Gasteiger partial charge in [0.15, 0.2) is 0 Å². The molecule has 0 radical (unpaired) electrons. The first-order valence-electron chi connectivity index (χ1n) is 6.50. The highest BCUT2D eigenvalue weighted by Crippen LogP contribution is 2.32. The minimum atomic E-state index is -0.0128. The lowest BCUT2D eigenvalue weighted by molar-refractivity contribution is -0.122. The van der Waals surface area contributed by atoms with E-state index in [0.717, 1.165) is 32.4 Å². The minimum absolute atomic E-state index is 0.0128. The van der Waals surface area contributed by atoms with Gasteiger partial charge in [0, 0.05) is 19.3 Å². The maximum absolute atomic E-state index is 11.5. The van der Waals surface area contributed by atoms with Gasteiger partial charge in [-0.25, -0.2) is 4.68 Å². The number of carbonyl (C=O) groups excluding carboxylic acids is 1. The second-order valence-corrected chi connectivity index (χ2v) is 4.65. The Labute approximate surface area is 107 Å². The van der Waals surface area contributed by atoms with Crippen LogP contribution in [-0.2, 0) is 16.1 Å². The molecule has 0 atom stereocenters. The van der Waals surface area contributed by atoms with Crippen molar-refractivity contribution in [1.82, 2.24) is 20.3 Å². The summed E-state index contributed by atoms with van der Waals surface area (Å²) in [4.78, 5) is 11.5. The first-order valence-corrected chi connectivity index (χ1v) is 6.50. The van der Waals surface area contributed by atoms with E-state index in [1.165, 1.54) is 4.68 Å². The summed E-state index contributed by atoms with van der Waals surface area (Å²) in [6, 6.07) is 0. The van der Waals surface area contributed by atoms with E-state index in [9.17, 15) is 4.79 Å². The SMILES string of the molecule is CCOC1CC(CCNC(=O)Cn2ccnn2)C1. The smallest absolute Gasteiger partial charge is 0.241 e. The molecule has 0 unspecified atom stereocenters. The van der Waals surface area contributed by atoms with Gasteiger partial charge in [-0.1, -0.05) is 5.21 Å². The van der Waals surface area contributed by atoms with E-state index < -0.39 is 0 Å².